The number of aryl methyl sites for hydroxylation is 1. The molecule has 3 aromatic rings. The lowest BCUT2D eigenvalue weighted by atomic mass is 9.88. The Bertz CT molecular complexity index is 904. The third-order valence-corrected chi connectivity index (χ3v) is 4.85. The van der Waals surface area contributed by atoms with Gasteiger partial charge in [0.2, 0.25) is 5.89 Å². The summed E-state index contributed by atoms with van der Waals surface area (Å²) in [5.74, 6) is 0.104. The summed E-state index contributed by atoms with van der Waals surface area (Å²) in [5.41, 5.74) is 9.83. The first kappa shape index (κ1) is 16.5. The molecule has 1 amide bonds. The normalized spacial score (nSPS) is 17.3. The predicted molar refractivity (Wildman–Crippen MR) is 98.6 cm³/mol. The van der Waals surface area contributed by atoms with E-state index < -0.39 is 6.04 Å². The minimum absolute atomic E-state index is 0.00963. The van der Waals surface area contributed by atoms with Crippen LogP contribution in [0.4, 0.5) is 0 Å². The molecule has 1 aromatic heterocycles. The maximum Gasteiger partial charge on any atom is 0.273 e. The van der Waals surface area contributed by atoms with Crippen LogP contribution in [0, 0.1) is 0 Å². The highest BCUT2D eigenvalue weighted by Gasteiger charge is 2.24. The van der Waals surface area contributed by atoms with Gasteiger partial charge in [-0.25, -0.2) is 4.98 Å². The van der Waals surface area contributed by atoms with E-state index in [0.717, 1.165) is 24.8 Å². The predicted octanol–water partition coefficient (Wildman–Crippen LogP) is 3.53. The van der Waals surface area contributed by atoms with Crippen LogP contribution in [0.5, 0.6) is 0 Å². The van der Waals surface area contributed by atoms with Crippen molar-refractivity contribution < 1.29 is 9.21 Å². The number of benzene rings is 2. The SMILES string of the molecule is NC(c1ccccc1)c1nc(C(=O)NC2CCCc3ccccc32)co1. The summed E-state index contributed by atoms with van der Waals surface area (Å²) in [6.07, 6.45) is 4.42. The molecule has 26 heavy (non-hydrogen) atoms. The van der Waals surface area contributed by atoms with E-state index >= 15 is 0 Å². The smallest absolute Gasteiger partial charge is 0.273 e. The van der Waals surface area contributed by atoms with Crippen molar-refractivity contribution in [3.8, 4) is 0 Å². The Labute approximate surface area is 152 Å². The van der Waals surface area contributed by atoms with Gasteiger partial charge in [-0.2, -0.15) is 0 Å². The standard InChI is InChI=1S/C21H21N3O2/c22-19(15-8-2-1-3-9-15)21-24-18(13-26-21)20(25)23-17-12-6-10-14-7-4-5-11-16(14)17/h1-5,7-9,11,13,17,19H,6,10,12,22H2,(H,23,25). The van der Waals surface area contributed by atoms with Crippen molar-refractivity contribution in [2.24, 2.45) is 5.73 Å². The van der Waals surface area contributed by atoms with Crippen LogP contribution in [0.2, 0.25) is 0 Å². The minimum atomic E-state index is -0.492. The fourth-order valence-corrected chi connectivity index (χ4v) is 3.47. The number of nitrogens with one attached hydrogen (secondary N) is 1. The van der Waals surface area contributed by atoms with Crippen molar-refractivity contribution in [1.29, 1.82) is 0 Å². The van der Waals surface area contributed by atoms with Crippen LogP contribution in [-0.4, -0.2) is 10.9 Å². The van der Waals surface area contributed by atoms with Gasteiger partial charge in [-0.1, -0.05) is 54.6 Å². The van der Waals surface area contributed by atoms with E-state index in [0.29, 0.717) is 5.89 Å². The molecule has 3 N–H and O–H groups in total. The Kier molecular flexibility index (Phi) is 4.54. The lowest BCUT2D eigenvalue weighted by Gasteiger charge is -2.25. The van der Waals surface area contributed by atoms with E-state index in [2.05, 4.69) is 22.4 Å². The van der Waals surface area contributed by atoms with Gasteiger partial charge in [-0.3, -0.25) is 4.79 Å². The number of oxazole rings is 1. The number of hydrogen-bond donors (Lipinski definition) is 2. The molecule has 0 radical (unpaired) electrons. The largest absolute Gasteiger partial charge is 0.446 e. The highest BCUT2D eigenvalue weighted by atomic mass is 16.3. The topological polar surface area (TPSA) is 81.1 Å². The minimum Gasteiger partial charge on any atom is -0.446 e. The fourth-order valence-electron chi connectivity index (χ4n) is 3.47. The number of hydrogen-bond acceptors (Lipinski definition) is 4. The monoisotopic (exact) mass is 347 g/mol. The van der Waals surface area contributed by atoms with Crippen LogP contribution in [0.1, 0.15) is 58.0 Å². The Balaban J connectivity index is 1.49. The summed E-state index contributed by atoms with van der Waals surface area (Å²) in [6.45, 7) is 0. The molecule has 2 aromatic carbocycles. The lowest BCUT2D eigenvalue weighted by Crippen LogP contribution is -2.31. The summed E-state index contributed by atoms with van der Waals surface area (Å²) in [7, 11) is 0. The second kappa shape index (κ2) is 7.14. The van der Waals surface area contributed by atoms with Gasteiger partial charge < -0.3 is 15.5 Å². The van der Waals surface area contributed by atoms with E-state index in [1.54, 1.807) is 0 Å². The van der Waals surface area contributed by atoms with Crippen molar-refractivity contribution in [2.45, 2.75) is 31.3 Å². The number of carbonyl (C=O) groups is 1. The first-order chi connectivity index (χ1) is 12.7. The Morgan fingerprint density at radius 3 is 2.77 bits per heavy atom. The molecule has 1 heterocycles. The molecule has 0 saturated heterocycles. The number of aromatic nitrogens is 1. The van der Waals surface area contributed by atoms with Gasteiger partial charge in [-0.15, -0.1) is 0 Å². The second-order valence-corrected chi connectivity index (χ2v) is 6.58. The maximum absolute atomic E-state index is 12.6. The average Bonchev–Trinajstić information content (AvgIpc) is 3.19. The Morgan fingerprint density at radius 1 is 1.15 bits per heavy atom. The number of carbonyl (C=O) groups excluding carboxylic acids is 1. The van der Waals surface area contributed by atoms with Crippen molar-refractivity contribution >= 4 is 5.91 Å². The highest BCUT2D eigenvalue weighted by molar-refractivity contribution is 5.92. The third kappa shape index (κ3) is 3.26. The summed E-state index contributed by atoms with van der Waals surface area (Å²) in [5, 5.41) is 3.08. The van der Waals surface area contributed by atoms with Gasteiger partial charge in [0.25, 0.3) is 5.91 Å². The number of fused-ring (bicyclic) bond motifs is 1. The molecular weight excluding hydrogens is 326 g/mol. The molecule has 0 aliphatic heterocycles. The van der Waals surface area contributed by atoms with Crippen molar-refractivity contribution in [3.63, 3.8) is 0 Å². The van der Waals surface area contributed by atoms with Crippen LogP contribution in [0.25, 0.3) is 0 Å². The van der Waals surface area contributed by atoms with Crippen LogP contribution < -0.4 is 11.1 Å². The maximum atomic E-state index is 12.6. The quantitative estimate of drug-likeness (QED) is 0.756. The summed E-state index contributed by atoms with van der Waals surface area (Å²) in [6, 6.07) is 17.3. The fraction of sp³-hybridized carbons (Fsp3) is 0.238. The van der Waals surface area contributed by atoms with E-state index in [1.165, 1.54) is 17.4 Å². The van der Waals surface area contributed by atoms with Gasteiger partial charge in [0.1, 0.15) is 12.3 Å². The van der Waals surface area contributed by atoms with Crippen LogP contribution in [0.15, 0.2) is 65.3 Å². The lowest BCUT2D eigenvalue weighted by molar-refractivity contribution is 0.0927. The van der Waals surface area contributed by atoms with Crippen LogP contribution >= 0.6 is 0 Å². The molecule has 2 unspecified atom stereocenters. The van der Waals surface area contributed by atoms with Gasteiger partial charge in [0.05, 0.1) is 6.04 Å². The zero-order chi connectivity index (χ0) is 17.9. The van der Waals surface area contributed by atoms with Crippen molar-refractivity contribution in [1.82, 2.24) is 10.3 Å². The van der Waals surface area contributed by atoms with E-state index in [9.17, 15) is 4.79 Å². The van der Waals surface area contributed by atoms with E-state index in [4.69, 9.17) is 10.2 Å². The summed E-state index contributed by atoms with van der Waals surface area (Å²) >= 11 is 0. The molecule has 0 fully saturated rings. The average molecular weight is 347 g/mol. The molecule has 1 aliphatic rings. The van der Waals surface area contributed by atoms with Gasteiger partial charge >= 0.3 is 0 Å². The Morgan fingerprint density at radius 2 is 1.92 bits per heavy atom. The third-order valence-electron chi connectivity index (χ3n) is 4.85. The first-order valence-electron chi connectivity index (χ1n) is 8.87. The molecule has 0 bridgehead atoms. The number of nitrogens with zero attached hydrogens (tertiary/aromatic N) is 1. The highest BCUT2D eigenvalue weighted by Crippen LogP contribution is 2.29. The molecule has 5 heteroatoms. The van der Waals surface area contributed by atoms with E-state index in [1.807, 2.05) is 42.5 Å². The molecule has 2 atom stereocenters. The second-order valence-electron chi connectivity index (χ2n) is 6.58. The van der Waals surface area contributed by atoms with Gasteiger partial charge in [-0.05, 0) is 36.0 Å². The molecular formula is C21H21N3O2. The number of amides is 1. The molecule has 0 spiro atoms. The zero-order valence-electron chi connectivity index (χ0n) is 14.4. The van der Waals surface area contributed by atoms with Gasteiger partial charge in [0.15, 0.2) is 5.69 Å². The van der Waals surface area contributed by atoms with Crippen molar-refractivity contribution in [3.05, 3.63) is 89.1 Å². The molecule has 1 aliphatic carbocycles. The van der Waals surface area contributed by atoms with Gasteiger partial charge in [0, 0.05) is 0 Å². The molecule has 5 nitrogen and oxygen atoms in total. The summed E-state index contributed by atoms with van der Waals surface area (Å²) < 4.78 is 5.46. The zero-order valence-corrected chi connectivity index (χ0v) is 14.4. The summed E-state index contributed by atoms with van der Waals surface area (Å²) in [4.78, 5) is 16.9. The Hall–Kier alpha value is -2.92. The number of nitrogens with two attached hydrogens (primary N) is 1. The molecule has 132 valence electrons. The number of rotatable bonds is 4. The first-order valence-corrected chi connectivity index (χ1v) is 8.87. The van der Waals surface area contributed by atoms with Crippen molar-refractivity contribution in [2.75, 3.05) is 0 Å². The van der Waals surface area contributed by atoms with E-state index in [-0.39, 0.29) is 17.6 Å². The molecule has 4 rings (SSSR count). The van der Waals surface area contributed by atoms with Crippen LogP contribution in [0.3, 0.4) is 0 Å². The van der Waals surface area contributed by atoms with Crippen LogP contribution in [-0.2, 0) is 6.42 Å². The molecule has 0 saturated carbocycles.